The van der Waals surface area contributed by atoms with Gasteiger partial charge in [-0.15, -0.1) is 5.10 Å². The SMILES string of the molecule is CCC[C@H](NC(=O)c1n[nH]c(C2CC2)n1)C(=O)O. The lowest BCUT2D eigenvalue weighted by molar-refractivity contribution is -0.139. The van der Waals surface area contributed by atoms with Crippen LogP contribution in [0.25, 0.3) is 0 Å². The maximum Gasteiger partial charge on any atom is 0.326 e. The van der Waals surface area contributed by atoms with Gasteiger partial charge in [0.1, 0.15) is 11.9 Å². The van der Waals surface area contributed by atoms with Crippen molar-refractivity contribution in [1.29, 1.82) is 0 Å². The molecule has 1 amide bonds. The lowest BCUT2D eigenvalue weighted by Gasteiger charge is -2.11. The standard InChI is InChI=1S/C11H16N4O3/c1-2-3-7(11(17)18)12-10(16)9-13-8(14-15-9)6-4-5-6/h6-7H,2-5H2,1H3,(H,12,16)(H,17,18)(H,13,14,15)/t7-/m0/s1. The van der Waals surface area contributed by atoms with Gasteiger partial charge < -0.3 is 10.4 Å². The number of carbonyl (C=O) groups excluding carboxylic acids is 1. The van der Waals surface area contributed by atoms with Crippen LogP contribution in [0.1, 0.15) is 55.0 Å². The van der Waals surface area contributed by atoms with Crippen molar-refractivity contribution in [1.82, 2.24) is 20.5 Å². The lowest BCUT2D eigenvalue weighted by Crippen LogP contribution is -2.41. The Morgan fingerprint density at radius 1 is 1.56 bits per heavy atom. The number of carboxylic acids is 1. The number of H-pyrrole nitrogens is 1. The van der Waals surface area contributed by atoms with Gasteiger partial charge in [-0.1, -0.05) is 13.3 Å². The van der Waals surface area contributed by atoms with Crippen molar-refractivity contribution in [2.75, 3.05) is 0 Å². The van der Waals surface area contributed by atoms with E-state index in [4.69, 9.17) is 5.11 Å². The Labute approximate surface area is 104 Å². The number of nitrogens with one attached hydrogen (secondary N) is 2. The summed E-state index contributed by atoms with van der Waals surface area (Å²) in [6.45, 7) is 1.86. The summed E-state index contributed by atoms with van der Waals surface area (Å²) in [5, 5.41) is 17.9. The first-order valence-electron chi connectivity index (χ1n) is 6.07. The van der Waals surface area contributed by atoms with Crippen LogP contribution in [0.15, 0.2) is 0 Å². The molecule has 1 saturated carbocycles. The van der Waals surface area contributed by atoms with Gasteiger partial charge in [-0.05, 0) is 19.3 Å². The Kier molecular flexibility index (Phi) is 3.59. The summed E-state index contributed by atoms with van der Waals surface area (Å²) in [6, 6.07) is -0.884. The molecule has 0 aliphatic heterocycles. The van der Waals surface area contributed by atoms with Crippen molar-refractivity contribution >= 4 is 11.9 Å². The van der Waals surface area contributed by atoms with Crippen molar-refractivity contribution in [3.8, 4) is 0 Å². The summed E-state index contributed by atoms with van der Waals surface area (Å²) in [5.74, 6) is -0.478. The first-order valence-corrected chi connectivity index (χ1v) is 6.07. The minimum atomic E-state index is -1.04. The average Bonchev–Trinajstić information content (AvgIpc) is 3.06. The molecule has 1 aromatic heterocycles. The molecule has 1 atom stereocenters. The summed E-state index contributed by atoms with van der Waals surface area (Å²) in [5.41, 5.74) is 0. The number of carboxylic acid groups (broad SMARTS) is 1. The van der Waals surface area contributed by atoms with Gasteiger partial charge in [0.15, 0.2) is 0 Å². The summed E-state index contributed by atoms with van der Waals surface area (Å²) in [6.07, 6.45) is 3.19. The minimum Gasteiger partial charge on any atom is -0.480 e. The predicted molar refractivity (Wildman–Crippen MR) is 62.2 cm³/mol. The topological polar surface area (TPSA) is 108 Å². The van der Waals surface area contributed by atoms with Gasteiger partial charge in [0.05, 0.1) is 0 Å². The molecular formula is C11H16N4O3. The summed E-state index contributed by atoms with van der Waals surface area (Å²) < 4.78 is 0. The summed E-state index contributed by atoms with van der Waals surface area (Å²) in [4.78, 5) is 26.8. The highest BCUT2D eigenvalue weighted by atomic mass is 16.4. The molecule has 1 fully saturated rings. The molecule has 2 rings (SSSR count). The predicted octanol–water partition coefficient (Wildman–Crippen LogP) is 0.665. The van der Waals surface area contributed by atoms with E-state index in [1.165, 1.54) is 0 Å². The zero-order chi connectivity index (χ0) is 13.1. The molecule has 1 aliphatic carbocycles. The van der Waals surface area contributed by atoms with E-state index in [-0.39, 0.29) is 5.82 Å². The van der Waals surface area contributed by atoms with E-state index in [1.807, 2.05) is 6.92 Å². The monoisotopic (exact) mass is 252 g/mol. The number of rotatable bonds is 6. The quantitative estimate of drug-likeness (QED) is 0.689. The van der Waals surface area contributed by atoms with Crippen LogP contribution in [-0.2, 0) is 4.79 Å². The number of carbonyl (C=O) groups is 2. The van der Waals surface area contributed by atoms with Gasteiger partial charge in [-0.2, -0.15) is 0 Å². The molecule has 7 heteroatoms. The molecular weight excluding hydrogens is 236 g/mol. The molecule has 0 unspecified atom stereocenters. The highest BCUT2D eigenvalue weighted by Crippen LogP contribution is 2.37. The Morgan fingerprint density at radius 2 is 2.28 bits per heavy atom. The second-order valence-electron chi connectivity index (χ2n) is 4.47. The van der Waals surface area contributed by atoms with Gasteiger partial charge in [-0.25, -0.2) is 9.78 Å². The molecule has 18 heavy (non-hydrogen) atoms. The van der Waals surface area contributed by atoms with E-state index in [0.29, 0.717) is 24.6 Å². The van der Waals surface area contributed by atoms with Crippen molar-refractivity contribution in [2.45, 2.75) is 44.6 Å². The normalized spacial score (nSPS) is 16.3. The third kappa shape index (κ3) is 2.85. The van der Waals surface area contributed by atoms with E-state index >= 15 is 0 Å². The van der Waals surface area contributed by atoms with Gasteiger partial charge in [0.2, 0.25) is 5.82 Å². The molecule has 1 heterocycles. The van der Waals surface area contributed by atoms with Gasteiger partial charge in [-0.3, -0.25) is 9.89 Å². The third-order valence-electron chi connectivity index (χ3n) is 2.85. The van der Waals surface area contributed by atoms with E-state index in [9.17, 15) is 9.59 Å². The number of aliphatic carboxylic acids is 1. The maximum atomic E-state index is 11.8. The smallest absolute Gasteiger partial charge is 0.326 e. The molecule has 1 aliphatic rings. The van der Waals surface area contributed by atoms with Crippen molar-refractivity contribution < 1.29 is 14.7 Å². The molecule has 98 valence electrons. The zero-order valence-electron chi connectivity index (χ0n) is 10.1. The fourth-order valence-corrected chi connectivity index (χ4v) is 1.68. The fourth-order valence-electron chi connectivity index (χ4n) is 1.68. The average molecular weight is 252 g/mol. The van der Waals surface area contributed by atoms with Crippen LogP contribution in [0, 0.1) is 0 Å². The van der Waals surface area contributed by atoms with Crippen LogP contribution >= 0.6 is 0 Å². The Hall–Kier alpha value is -1.92. The van der Waals surface area contributed by atoms with Crippen LogP contribution < -0.4 is 5.32 Å². The van der Waals surface area contributed by atoms with E-state index < -0.39 is 17.9 Å². The van der Waals surface area contributed by atoms with E-state index in [2.05, 4.69) is 20.5 Å². The third-order valence-corrected chi connectivity index (χ3v) is 2.85. The molecule has 1 aromatic rings. The largest absolute Gasteiger partial charge is 0.480 e. The second kappa shape index (κ2) is 5.16. The molecule has 0 aromatic carbocycles. The number of nitrogens with zero attached hydrogens (tertiary/aromatic N) is 2. The molecule has 0 spiro atoms. The first-order chi connectivity index (χ1) is 8.61. The number of aromatic amines is 1. The van der Waals surface area contributed by atoms with Crippen LogP contribution in [0.2, 0.25) is 0 Å². The van der Waals surface area contributed by atoms with E-state index in [1.54, 1.807) is 0 Å². The highest BCUT2D eigenvalue weighted by Gasteiger charge is 2.29. The van der Waals surface area contributed by atoms with Gasteiger partial charge in [0.25, 0.3) is 5.91 Å². The lowest BCUT2D eigenvalue weighted by atomic mass is 10.1. The number of hydrogen-bond donors (Lipinski definition) is 3. The number of aromatic nitrogens is 3. The van der Waals surface area contributed by atoms with Crippen LogP contribution in [-0.4, -0.2) is 38.2 Å². The van der Waals surface area contributed by atoms with Crippen molar-refractivity contribution in [2.24, 2.45) is 0 Å². The van der Waals surface area contributed by atoms with Crippen molar-refractivity contribution in [3.63, 3.8) is 0 Å². The van der Waals surface area contributed by atoms with Crippen LogP contribution in [0.5, 0.6) is 0 Å². The van der Waals surface area contributed by atoms with Gasteiger partial charge in [0, 0.05) is 5.92 Å². The van der Waals surface area contributed by atoms with Gasteiger partial charge >= 0.3 is 5.97 Å². The molecule has 3 N–H and O–H groups in total. The Bertz CT molecular complexity index is 453. The second-order valence-corrected chi connectivity index (χ2v) is 4.47. The zero-order valence-corrected chi connectivity index (χ0v) is 10.1. The first kappa shape index (κ1) is 12.5. The number of amides is 1. The summed E-state index contributed by atoms with van der Waals surface area (Å²) in [7, 11) is 0. The van der Waals surface area contributed by atoms with Crippen LogP contribution in [0.4, 0.5) is 0 Å². The van der Waals surface area contributed by atoms with Crippen LogP contribution in [0.3, 0.4) is 0 Å². The number of hydrogen-bond acceptors (Lipinski definition) is 4. The highest BCUT2D eigenvalue weighted by molar-refractivity contribution is 5.93. The van der Waals surface area contributed by atoms with E-state index in [0.717, 1.165) is 12.8 Å². The Morgan fingerprint density at radius 3 is 2.83 bits per heavy atom. The maximum absolute atomic E-state index is 11.8. The molecule has 0 radical (unpaired) electrons. The molecule has 0 bridgehead atoms. The van der Waals surface area contributed by atoms with Crippen molar-refractivity contribution in [3.05, 3.63) is 11.6 Å². The Balaban J connectivity index is 1.98. The molecule has 0 saturated heterocycles. The summed E-state index contributed by atoms with van der Waals surface area (Å²) >= 11 is 0. The molecule has 7 nitrogen and oxygen atoms in total. The fraction of sp³-hybridized carbons (Fsp3) is 0.636. The minimum absolute atomic E-state index is 0.0132.